The Kier molecular flexibility index (Phi) is 8.44. The Labute approximate surface area is 164 Å². The minimum Gasteiger partial charge on any atom is -0.390 e. The first-order valence-electron chi connectivity index (χ1n) is 8.18. The molecule has 2 atom stereocenters. The van der Waals surface area contributed by atoms with Crippen molar-refractivity contribution in [2.24, 2.45) is 5.73 Å². The molecule has 26 heavy (non-hydrogen) atoms. The van der Waals surface area contributed by atoms with E-state index in [1.165, 1.54) is 17.7 Å². The first kappa shape index (κ1) is 22.8. The third-order valence-electron chi connectivity index (χ3n) is 4.61. The Balaban J connectivity index is 0.00000169. The molecule has 3 nitrogen and oxygen atoms in total. The van der Waals surface area contributed by atoms with Gasteiger partial charge in [-0.25, -0.2) is 8.78 Å². The van der Waals surface area contributed by atoms with Crippen LogP contribution in [-0.4, -0.2) is 23.8 Å². The Bertz CT molecular complexity index is 679. The van der Waals surface area contributed by atoms with E-state index in [2.05, 4.69) is 17.4 Å². The minimum atomic E-state index is -0.794. The highest BCUT2D eigenvalue weighted by atomic mass is 35.5. The van der Waals surface area contributed by atoms with E-state index < -0.39 is 23.8 Å². The van der Waals surface area contributed by atoms with Gasteiger partial charge in [0.15, 0.2) is 0 Å². The summed E-state index contributed by atoms with van der Waals surface area (Å²) in [4.78, 5) is 0. The molecule has 4 N–H and O–H groups in total. The van der Waals surface area contributed by atoms with Crippen molar-refractivity contribution in [2.45, 2.75) is 36.9 Å². The Morgan fingerprint density at radius 2 is 1.62 bits per heavy atom. The van der Waals surface area contributed by atoms with Crippen molar-refractivity contribution in [3.63, 3.8) is 0 Å². The van der Waals surface area contributed by atoms with Gasteiger partial charge in [-0.1, -0.05) is 30.3 Å². The molecule has 7 heteroatoms. The number of aliphatic hydroxyl groups is 1. The molecule has 3 rings (SSSR count). The summed E-state index contributed by atoms with van der Waals surface area (Å²) in [5.41, 5.74) is 7.58. The Morgan fingerprint density at radius 3 is 2.15 bits per heavy atom. The molecular weight excluding hydrogens is 381 g/mol. The van der Waals surface area contributed by atoms with Crippen LogP contribution in [0.15, 0.2) is 48.5 Å². The molecule has 0 amide bonds. The molecule has 1 aliphatic rings. The number of nitrogens with one attached hydrogen (secondary N) is 1. The molecule has 2 aromatic rings. The SMILES string of the molecule is Cl.Cl.N[C@@H](Cc1cc(F)cc(F)c1)[C@H](O)CNC1(c2ccccc2)CC1. The molecule has 0 unspecified atom stereocenters. The van der Waals surface area contributed by atoms with Gasteiger partial charge in [-0.3, -0.25) is 0 Å². The molecule has 0 heterocycles. The predicted octanol–water partition coefficient (Wildman–Crippen LogP) is 3.32. The van der Waals surface area contributed by atoms with E-state index in [0.717, 1.165) is 18.9 Å². The van der Waals surface area contributed by atoms with Crippen LogP contribution in [0.3, 0.4) is 0 Å². The van der Waals surface area contributed by atoms with Crippen LogP contribution in [0, 0.1) is 11.6 Å². The van der Waals surface area contributed by atoms with Crippen LogP contribution in [0.25, 0.3) is 0 Å². The molecule has 0 saturated heterocycles. The monoisotopic (exact) mass is 404 g/mol. The average molecular weight is 405 g/mol. The number of hydrogen-bond acceptors (Lipinski definition) is 3. The van der Waals surface area contributed by atoms with Gasteiger partial charge < -0.3 is 16.2 Å². The molecule has 0 radical (unpaired) electrons. The largest absolute Gasteiger partial charge is 0.390 e. The van der Waals surface area contributed by atoms with Crippen molar-refractivity contribution in [2.75, 3.05) is 6.54 Å². The average Bonchev–Trinajstić information content (AvgIpc) is 3.33. The molecule has 1 aliphatic carbocycles. The maximum Gasteiger partial charge on any atom is 0.126 e. The van der Waals surface area contributed by atoms with E-state index in [-0.39, 0.29) is 36.8 Å². The van der Waals surface area contributed by atoms with Gasteiger partial charge in [-0.05, 0) is 42.5 Å². The number of halogens is 4. The summed E-state index contributed by atoms with van der Waals surface area (Å²) >= 11 is 0. The zero-order chi connectivity index (χ0) is 17.2. The molecule has 144 valence electrons. The van der Waals surface area contributed by atoms with Crippen molar-refractivity contribution in [1.29, 1.82) is 0 Å². The van der Waals surface area contributed by atoms with Gasteiger partial charge in [-0.15, -0.1) is 24.8 Å². The van der Waals surface area contributed by atoms with Gasteiger partial charge in [0.1, 0.15) is 11.6 Å². The van der Waals surface area contributed by atoms with E-state index >= 15 is 0 Å². The fourth-order valence-corrected chi connectivity index (χ4v) is 3.04. The second kappa shape index (κ2) is 9.62. The molecule has 0 bridgehead atoms. The fraction of sp³-hybridized carbons (Fsp3) is 0.368. The summed E-state index contributed by atoms with van der Waals surface area (Å²) in [7, 11) is 0. The van der Waals surface area contributed by atoms with Crippen LogP contribution < -0.4 is 11.1 Å². The van der Waals surface area contributed by atoms with E-state index in [1.807, 2.05) is 18.2 Å². The minimum absolute atomic E-state index is 0. The van der Waals surface area contributed by atoms with Crippen LogP contribution in [0.4, 0.5) is 8.78 Å². The summed E-state index contributed by atoms with van der Waals surface area (Å²) < 4.78 is 26.4. The second-order valence-electron chi connectivity index (χ2n) is 6.54. The van der Waals surface area contributed by atoms with E-state index in [9.17, 15) is 13.9 Å². The van der Waals surface area contributed by atoms with E-state index in [1.54, 1.807) is 0 Å². The second-order valence-corrected chi connectivity index (χ2v) is 6.54. The fourth-order valence-electron chi connectivity index (χ4n) is 3.04. The highest BCUT2D eigenvalue weighted by Crippen LogP contribution is 2.45. The van der Waals surface area contributed by atoms with Crippen LogP contribution in [0.1, 0.15) is 24.0 Å². The molecule has 2 aromatic carbocycles. The van der Waals surface area contributed by atoms with Crippen LogP contribution >= 0.6 is 24.8 Å². The maximum atomic E-state index is 13.2. The van der Waals surface area contributed by atoms with Gasteiger partial charge in [0.2, 0.25) is 0 Å². The molecule has 1 fully saturated rings. The van der Waals surface area contributed by atoms with E-state index in [0.29, 0.717) is 12.1 Å². The summed E-state index contributed by atoms with van der Waals surface area (Å²) in [6.45, 7) is 0.341. The standard InChI is InChI=1S/C19H22F2N2O.2ClH/c20-15-8-13(9-16(21)11-15)10-17(22)18(24)12-23-19(6-7-19)14-4-2-1-3-5-14;;/h1-5,8-9,11,17-18,23-24H,6-7,10,12,22H2;2*1H/t17-,18+;;/m0../s1. The summed E-state index contributed by atoms with van der Waals surface area (Å²) in [5, 5.41) is 13.7. The zero-order valence-corrected chi connectivity index (χ0v) is 15.8. The topological polar surface area (TPSA) is 58.3 Å². The van der Waals surface area contributed by atoms with Gasteiger partial charge in [0.25, 0.3) is 0 Å². The lowest BCUT2D eigenvalue weighted by Crippen LogP contribution is -2.45. The number of aliphatic hydroxyl groups excluding tert-OH is 1. The molecular formula is C19H24Cl2F2N2O. The summed E-state index contributed by atoms with van der Waals surface area (Å²) in [6.07, 6.45) is 1.47. The number of benzene rings is 2. The zero-order valence-electron chi connectivity index (χ0n) is 14.2. The maximum absolute atomic E-state index is 13.2. The van der Waals surface area contributed by atoms with Crippen molar-refractivity contribution in [3.05, 3.63) is 71.3 Å². The Morgan fingerprint density at radius 1 is 1.04 bits per heavy atom. The van der Waals surface area contributed by atoms with Crippen molar-refractivity contribution in [3.8, 4) is 0 Å². The summed E-state index contributed by atoms with van der Waals surface area (Å²) in [6, 6.07) is 12.8. The first-order valence-corrected chi connectivity index (χ1v) is 8.18. The van der Waals surface area contributed by atoms with Crippen LogP contribution in [-0.2, 0) is 12.0 Å². The van der Waals surface area contributed by atoms with Gasteiger partial charge in [0, 0.05) is 24.2 Å². The first-order chi connectivity index (χ1) is 11.5. The van der Waals surface area contributed by atoms with Crippen molar-refractivity contribution in [1.82, 2.24) is 5.32 Å². The third-order valence-corrected chi connectivity index (χ3v) is 4.61. The van der Waals surface area contributed by atoms with Crippen LogP contribution in [0.2, 0.25) is 0 Å². The van der Waals surface area contributed by atoms with Crippen molar-refractivity contribution >= 4 is 24.8 Å². The number of rotatable bonds is 7. The third kappa shape index (κ3) is 5.63. The predicted molar refractivity (Wildman–Crippen MR) is 104 cm³/mol. The smallest absolute Gasteiger partial charge is 0.126 e. The number of nitrogens with two attached hydrogens (primary N) is 1. The molecule has 1 saturated carbocycles. The number of hydrogen-bond donors (Lipinski definition) is 3. The van der Waals surface area contributed by atoms with Crippen molar-refractivity contribution < 1.29 is 13.9 Å². The Hall–Kier alpha value is -1.24. The summed E-state index contributed by atoms with van der Waals surface area (Å²) in [5.74, 6) is -1.27. The normalized spacial score (nSPS) is 16.8. The highest BCUT2D eigenvalue weighted by Gasteiger charge is 2.44. The van der Waals surface area contributed by atoms with Gasteiger partial charge >= 0.3 is 0 Å². The van der Waals surface area contributed by atoms with Gasteiger partial charge in [0.05, 0.1) is 6.10 Å². The molecule has 0 spiro atoms. The molecule has 0 aliphatic heterocycles. The lowest BCUT2D eigenvalue weighted by atomic mass is 10.0. The van der Waals surface area contributed by atoms with E-state index in [4.69, 9.17) is 5.73 Å². The lowest BCUT2D eigenvalue weighted by molar-refractivity contribution is 0.136. The van der Waals surface area contributed by atoms with Gasteiger partial charge in [-0.2, -0.15) is 0 Å². The quantitative estimate of drug-likeness (QED) is 0.663. The van der Waals surface area contributed by atoms with Crippen LogP contribution in [0.5, 0.6) is 0 Å². The highest BCUT2D eigenvalue weighted by molar-refractivity contribution is 5.85. The lowest BCUT2D eigenvalue weighted by Gasteiger charge is -2.24. The molecule has 0 aromatic heterocycles.